The van der Waals surface area contributed by atoms with E-state index >= 15 is 0 Å². The van der Waals surface area contributed by atoms with Gasteiger partial charge in [-0.05, 0) is 42.4 Å². The Hall–Kier alpha value is -1.90. The molecule has 0 unspecified atom stereocenters. The maximum absolute atomic E-state index is 11.1. The summed E-state index contributed by atoms with van der Waals surface area (Å²) in [5.41, 5.74) is 7.43. The molecule has 0 radical (unpaired) electrons. The first-order valence-corrected chi connectivity index (χ1v) is 6.98. The molecule has 1 N–H and O–H groups in total. The van der Waals surface area contributed by atoms with Gasteiger partial charge in [0.1, 0.15) is 0 Å². The molecule has 3 rings (SSSR count). The van der Waals surface area contributed by atoms with Crippen LogP contribution >= 0.6 is 0 Å². The molecule has 1 aromatic carbocycles. The van der Waals surface area contributed by atoms with Gasteiger partial charge in [-0.3, -0.25) is 4.79 Å². The summed E-state index contributed by atoms with van der Waals surface area (Å²) in [7, 11) is 0. The highest BCUT2D eigenvalue weighted by atomic mass is 16.2. The molecule has 1 heterocycles. The van der Waals surface area contributed by atoms with Crippen molar-refractivity contribution >= 4 is 17.2 Å². The number of carbonyl (C=O) groups is 1. The van der Waals surface area contributed by atoms with Gasteiger partial charge < -0.3 is 0 Å². The number of nitrogens with one attached hydrogen (secondary N) is 1. The topological polar surface area (TPSA) is 41.5 Å². The van der Waals surface area contributed by atoms with E-state index in [2.05, 4.69) is 40.9 Å². The summed E-state index contributed by atoms with van der Waals surface area (Å²) in [6, 6.07) is 8.57. The quantitative estimate of drug-likeness (QED) is 0.864. The second-order valence-corrected chi connectivity index (χ2v) is 5.15. The molecule has 98 valence electrons. The average molecular weight is 254 g/mol. The first kappa shape index (κ1) is 12.2. The van der Waals surface area contributed by atoms with Gasteiger partial charge in [0, 0.05) is 12.8 Å². The monoisotopic (exact) mass is 254 g/mol. The minimum absolute atomic E-state index is 0.00716. The van der Waals surface area contributed by atoms with Gasteiger partial charge in [0.25, 0.3) is 0 Å². The van der Waals surface area contributed by atoms with Gasteiger partial charge in [-0.2, -0.15) is 5.10 Å². The Kier molecular flexibility index (Phi) is 3.45. The molecule has 1 amide bonds. The lowest BCUT2D eigenvalue weighted by molar-refractivity contribution is -0.121. The van der Waals surface area contributed by atoms with Crippen LogP contribution in [0.25, 0.3) is 5.57 Å². The number of allylic oxidation sites excluding steroid dienone is 2. The molecule has 1 aromatic rings. The maximum atomic E-state index is 11.1. The Morgan fingerprint density at radius 2 is 1.74 bits per heavy atom. The van der Waals surface area contributed by atoms with Gasteiger partial charge in [-0.25, -0.2) is 5.43 Å². The molecule has 2 aliphatic rings. The summed E-state index contributed by atoms with van der Waals surface area (Å²) < 4.78 is 0. The van der Waals surface area contributed by atoms with E-state index in [4.69, 9.17) is 0 Å². The molecule has 0 saturated carbocycles. The molecule has 0 spiro atoms. The van der Waals surface area contributed by atoms with E-state index in [0.717, 1.165) is 17.7 Å². The van der Waals surface area contributed by atoms with Crippen LogP contribution in [0.4, 0.5) is 0 Å². The van der Waals surface area contributed by atoms with E-state index in [-0.39, 0.29) is 5.91 Å². The zero-order valence-electron chi connectivity index (χ0n) is 11.0. The fourth-order valence-corrected chi connectivity index (χ4v) is 2.66. The lowest BCUT2D eigenvalue weighted by atomic mass is 9.92. The number of carbonyl (C=O) groups excluding carboxylic acids is 1. The van der Waals surface area contributed by atoms with E-state index in [1.807, 2.05) is 0 Å². The molecule has 1 aliphatic carbocycles. The Balaban J connectivity index is 1.79. The third-order valence-corrected chi connectivity index (χ3v) is 3.78. The van der Waals surface area contributed by atoms with Crippen molar-refractivity contribution in [3.8, 4) is 0 Å². The Bertz CT molecular complexity index is 540. The molecule has 0 bridgehead atoms. The maximum Gasteiger partial charge on any atom is 0.240 e. The van der Waals surface area contributed by atoms with Crippen molar-refractivity contribution in [3.63, 3.8) is 0 Å². The van der Waals surface area contributed by atoms with Crippen molar-refractivity contribution in [3.05, 3.63) is 41.5 Å². The second kappa shape index (κ2) is 5.39. The number of hydrazone groups is 1. The van der Waals surface area contributed by atoms with Gasteiger partial charge in [0.05, 0.1) is 5.71 Å². The van der Waals surface area contributed by atoms with Crippen LogP contribution in [0.2, 0.25) is 0 Å². The van der Waals surface area contributed by atoms with Crippen LogP contribution in [0, 0.1) is 0 Å². The van der Waals surface area contributed by atoms with Crippen LogP contribution in [-0.2, 0) is 4.79 Å². The van der Waals surface area contributed by atoms with Gasteiger partial charge >= 0.3 is 0 Å². The molecule has 3 nitrogen and oxygen atoms in total. The molecular weight excluding hydrogens is 236 g/mol. The second-order valence-electron chi connectivity index (χ2n) is 5.15. The van der Waals surface area contributed by atoms with E-state index in [9.17, 15) is 4.79 Å². The molecule has 0 atom stereocenters. The first-order valence-electron chi connectivity index (χ1n) is 6.98. The smallest absolute Gasteiger partial charge is 0.240 e. The first-order chi connectivity index (χ1) is 9.33. The summed E-state index contributed by atoms with van der Waals surface area (Å²) >= 11 is 0. The third-order valence-electron chi connectivity index (χ3n) is 3.78. The van der Waals surface area contributed by atoms with Crippen LogP contribution in [0.3, 0.4) is 0 Å². The summed E-state index contributed by atoms with van der Waals surface area (Å²) in [6.07, 6.45) is 8.63. The number of amides is 1. The minimum atomic E-state index is 0.00716. The van der Waals surface area contributed by atoms with Crippen LogP contribution in [0.5, 0.6) is 0 Å². The summed E-state index contributed by atoms with van der Waals surface area (Å²) in [5.74, 6) is 0.00716. The van der Waals surface area contributed by atoms with Crippen molar-refractivity contribution in [2.45, 2.75) is 38.5 Å². The van der Waals surface area contributed by atoms with E-state index in [0.29, 0.717) is 6.42 Å². The highest BCUT2D eigenvalue weighted by molar-refractivity contribution is 6.04. The molecule has 0 aromatic heterocycles. The fraction of sp³-hybridized carbons (Fsp3) is 0.375. The SMILES string of the molecule is O=C1CCC(c2ccc(C3=CCCCC3)cc2)=NN1. The fourth-order valence-electron chi connectivity index (χ4n) is 2.66. The molecular formula is C16H18N2O. The predicted molar refractivity (Wildman–Crippen MR) is 76.8 cm³/mol. The largest absolute Gasteiger partial charge is 0.273 e. The zero-order valence-corrected chi connectivity index (χ0v) is 11.0. The minimum Gasteiger partial charge on any atom is -0.273 e. The Morgan fingerprint density at radius 1 is 0.947 bits per heavy atom. The number of hydrogen-bond donors (Lipinski definition) is 1. The number of nitrogens with zero attached hydrogens (tertiary/aromatic N) is 1. The normalized spacial score (nSPS) is 19.5. The average Bonchev–Trinajstić information content (AvgIpc) is 2.49. The van der Waals surface area contributed by atoms with Gasteiger partial charge in [0.2, 0.25) is 5.91 Å². The number of rotatable bonds is 2. The molecule has 1 aliphatic heterocycles. The van der Waals surface area contributed by atoms with Crippen LogP contribution < -0.4 is 5.43 Å². The number of hydrogen-bond acceptors (Lipinski definition) is 2. The van der Waals surface area contributed by atoms with Crippen molar-refractivity contribution in [2.24, 2.45) is 5.10 Å². The van der Waals surface area contributed by atoms with E-state index in [1.165, 1.54) is 36.8 Å². The summed E-state index contributed by atoms with van der Waals surface area (Å²) in [4.78, 5) is 11.1. The van der Waals surface area contributed by atoms with Crippen molar-refractivity contribution in [1.29, 1.82) is 0 Å². The van der Waals surface area contributed by atoms with Crippen LogP contribution in [0.1, 0.15) is 49.7 Å². The van der Waals surface area contributed by atoms with Crippen LogP contribution in [0.15, 0.2) is 35.4 Å². The number of benzene rings is 1. The van der Waals surface area contributed by atoms with Gasteiger partial charge in [-0.15, -0.1) is 0 Å². The Labute approximate surface area is 113 Å². The Morgan fingerprint density at radius 3 is 2.37 bits per heavy atom. The van der Waals surface area contributed by atoms with E-state index < -0.39 is 0 Å². The van der Waals surface area contributed by atoms with Crippen LogP contribution in [-0.4, -0.2) is 11.6 Å². The highest BCUT2D eigenvalue weighted by Gasteiger charge is 2.13. The highest BCUT2D eigenvalue weighted by Crippen LogP contribution is 2.27. The van der Waals surface area contributed by atoms with Gasteiger partial charge in [0.15, 0.2) is 0 Å². The molecule has 0 fully saturated rings. The van der Waals surface area contributed by atoms with Crippen molar-refractivity contribution < 1.29 is 4.79 Å². The third kappa shape index (κ3) is 2.75. The van der Waals surface area contributed by atoms with Crippen molar-refractivity contribution in [1.82, 2.24) is 5.43 Å². The summed E-state index contributed by atoms with van der Waals surface area (Å²) in [6.45, 7) is 0. The van der Waals surface area contributed by atoms with Gasteiger partial charge in [-0.1, -0.05) is 30.3 Å². The lowest BCUT2D eigenvalue weighted by Gasteiger charge is -2.15. The molecule has 0 saturated heterocycles. The standard InChI is InChI=1S/C16H18N2O/c19-16-11-10-15(17-18-16)14-8-6-13(7-9-14)12-4-2-1-3-5-12/h4,6-9H,1-3,5,10-11H2,(H,18,19). The zero-order chi connectivity index (χ0) is 13.1. The summed E-state index contributed by atoms with van der Waals surface area (Å²) in [5, 5.41) is 4.13. The molecule has 19 heavy (non-hydrogen) atoms. The predicted octanol–water partition coefficient (Wildman–Crippen LogP) is 3.26. The van der Waals surface area contributed by atoms with E-state index in [1.54, 1.807) is 0 Å². The molecule has 3 heteroatoms. The van der Waals surface area contributed by atoms with Crippen molar-refractivity contribution in [2.75, 3.05) is 0 Å². The lowest BCUT2D eigenvalue weighted by Crippen LogP contribution is -2.25.